The Kier molecular flexibility index (Phi) is 8.54. The smallest absolute Gasteiger partial charge is 0.241 e. The Balaban J connectivity index is 2.36. The number of aromatic nitrogens is 2. The number of nitrogens with zero attached hydrogens (tertiary/aromatic N) is 4. The lowest BCUT2D eigenvalue weighted by molar-refractivity contribution is -0.184. The highest BCUT2D eigenvalue weighted by atomic mass is 35.5. The van der Waals surface area contributed by atoms with Crippen molar-refractivity contribution in [3.05, 3.63) is 28.9 Å². The van der Waals surface area contributed by atoms with Gasteiger partial charge in [-0.3, -0.25) is 4.99 Å². The van der Waals surface area contributed by atoms with E-state index < -0.39 is 18.1 Å². The molecule has 1 heterocycles. The number of aliphatic imine (C=N–C) groups is 2. The van der Waals surface area contributed by atoms with Crippen molar-refractivity contribution in [1.29, 1.82) is 0 Å². The first kappa shape index (κ1) is 23.2. The van der Waals surface area contributed by atoms with Crippen molar-refractivity contribution in [3.63, 3.8) is 0 Å². The van der Waals surface area contributed by atoms with Crippen molar-refractivity contribution in [1.82, 2.24) is 9.97 Å². The van der Waals surface area contributed by atoms with Crippen LogP contribution >= 0.6 is 23.2 Å². The number of alkyl halides is 1. The largest absolute Gasteiger partial charge is 0.480 e. The van der Waals surface area contributed by atoms with Gasteiger partial charge in [0.2, 0.25) is 24.4 Å². The fourth-order valence-electron chi connectivity index (χ4n) is 2.39. The van der Waals surface area contributed by atoms with Crippen molar-refractivity contribution in [2.75, 3.05) is 20.8 Å². The summed E-state index contributed by atoms with van der Waals surface area (Å²) in [6.07, 6.45) is -3.37. The third-order valence-corrected chi connectivity index (χ3v) is 3.91. The highest BCUT2D eigenvalue weighted by Gasteiger charge is 2.27. The second-order valence-electron chi connectivity index (χ2n) is 5.66. The van der Waals surface area contributed by atoms with Gasteiger partial charge in [-0.15, -0.1) is 0 Å². The minimum absolute atomic E-state index is 0.0163. The van der Waals surface area contributed by atoms with Gasteiger partial charge < -0.3 is 24.4 Å². The van der Waals surface area contributed by atoms with Gasteiger partial charge in [0.25, 0.3) is 0 Å². The van der Waals surface area contributed by atoms with E-state index >= 15 is 0 Å². The van der Waals surface area contributed by atoms with Crippen molar-refractivity contribution in [2.45, 2.75) is 31.9 Å². The number of methoxy groups -OCH3 is 2. The normalized spacial score (nSPS) is 15.9. The van der Waals surface area contributed by atoms with Gasteiger partial charge in [-0.2, -0.15) is 0 Å². The van der Waals surface area contributed by atoms with E-state index in [4.69, 9.17) is 37.4 Å². The molecule has 0 saturated heterocycles. The number of benzene rings is 1. The number of hydrogen-bond donors (Lipinski definition) is 2. The molecule has 11 heteroatoms. The summed E-state index contributed by atoms with van der Waals surface area (Å²) in [7, 11) is 2.73. The molecule has 0 aliphatic heterocycles. The maximum atomic E-state index is 10.5. The first-order chi connectivity index (χ1) is 13.8. The van der Waals surface area contributed by atoms with Gasteiger partial charge in [0.15, 0.2) is 11.4 Å². The first-order valence-electron chi connectivity index (χ1n) is 8.64. The van der Waals surface area contributed by atoms with Crippen LogP contribution in [-0.4, -0.2) is 64.3 Å². The topological polar surface area (TPSA) is 119 Å². The van der Waals surface area contributed by atoms with Crippen LogP contribution in [0.3, 0.4) is 0 Å². The molecule has 9 nitrogen and oxygen atoms in total. The average molecular weight is 445 g/mol. The zero-order chi connectivity index (χ0) is 21.6. The fraction of sp³-hybridized carbons (Fsp3) is 0.444. The van der Waals surface area contributed by atoms with Gasteiger partial charge in [-0.25, -0.2) is 15.0 Å². The number of aliphatic hydroxyl groups excluding tert-OH is 2. The molecule has 0 spiro atoms. The third-order valence-electron chi connectivity index (χ3n) is 3.57. The van der Waals surface area contributed by atoms with Crippen molar-refractivity contribution in [2.24, 2.45) is 9.98 Å². The van der Waals surface area contributed by atoms with Gasteiger partial charge in [0.1, 0.15) is 5.50 Å². The van der Waals surface area contributed by atoms with Gasteiger partial charge in [-0.1, -0.05) is 23.2 Å². The minimum atomic E-state index is -1.69. The lowest BCUT2D eigenvalue weighted by atomic mass is 10.3. The second-order valence-corrected chi connectivity index (χ2v) is 6.73. The molecule has 3 atom stereocenters. The second kappa shape index (κ2) is 10.7. The maximum absolute atomic E-state index is 10.5. The van der Waals surface area contributed by atoms with Crippen molar-refractivity contribution >= 4 is 45.8 Å². The molecule has 1 aromatic carbocycles. The number of aliphatic hydroxyl groups is 2. The quantitative estimate of drug-likeness (QED) is 0.211. The summed E-state index contributed by atoms with van der Waals surface area (Å²) in [6.45, 7) is 3.68. The maximum Gasteiger partial charge on any atom is 0.241 e. The zero-order valence-electron chi connectivity index (χ0n) is 16.3. The van der Waals surface area contributed by atoms with E-state index in [9.17, 15) is 10.2 Å². The summed E-state index contributed by atoms with van der Waals surface area (Å²) in [5.74, 6) is 0.0147. The summed E-state index contributed by atoms with van der Waals surface area (Å²) >= 11 is 11.9. The molecular formula is C18H22Cl2N4O5. The van der Waals surface area contributed by atoms with Crippen LogP contribution in [0.4, 0.5) is 0 Å². The molecule has 0 amide bonds. The molecule has 0 aliphatic carbocycles. The lowest BCUT2D eigenvalue weighted by Crippen LogP contribution is -2.34. The number of rotatable bonds is 8. The van der Waals surface area contributed by atoms with E-state index in [0.717, 1.165) is 0 Å². The Morgan fingerprint density at radius 3 is 2.52 bits per heavy atom. The molecule has 0 fully saturated rings. The van der Waals surface area contributed by atoms with E-state index in [-0.39, 0.29) is 23.2 Å². The number of ether oxygens (including phenoxy) is 3. The molecule has 2 N–H and O–H groups in total. The van der Waals surface area contributed by atoms with Crippen LogP contribution in [0.15, 0.2) is 28.2 Å². The van der Waals surface area contributed by atoms with Gasteiger partial charge in [0, 0.05) is 11.6 Å². The van der Waals surface area contributed by atoms with Gasteiger partial charge in [0.05, 0.1) is 25.3 Å². The molecule has 0 bridgehead atoms. The van der Waals surface area contributed by atoms with Gasteiger partial charge >= 0.3 is 0 Å². The highest BCUT2D eigenvalue weighted by Crippen LogP contribution is 2.27. The SMILES string of the molecule is CC/N=C(\C(=N/C(C)Cl)OC)C(O)OC(O)c1nc2cc(Cl)ccc2nc1OC. The summed E-state index contributed by atoms with van der Waals surface area (Å²) in [5, 5.41) is 21.5. The van der Waals surface area contributed by atoms with Crippen LogP contribution in [0.2, 0.25) is 5.02 Å². The van der Waals surface area contributed by atoms with Crippen LogP contribution in [0.1, 0.15) is 25.8 Å². The molecule has 158 valence electrons. The van der Waals surface area contributed by atoms with E-state index in [1.54, 1.807) is 32.0 Å². The number of fused-ring (bicyclic) bond motifs is 1. The summed E-state index contributed by atoms with van der Waals surface area (Å²) in [4.78, 5) is 16.7. The molecular weight excluding hydrogens is 423 g/mol. The molecule has 2 aromatic rings. The minimum Gasteiger partial charge on any atom is -0.480 e. The van der Waals surface area contributed by atoms with Crippen LogP contribution in [0.5, 0.6) is 5.88 Å². The first-order valence-corrected chi connectivity index (χ1v) is 9.45. The Morgan fingerprint density at radius 2 is 1.93 bits per heavy atom. The zero-order valence-corrected chi connectivity index (χ0v) is 17.8. The average Bonchev–Trinajstić information content (AvgIpc) is 2.68. The van der Waals surface area contributed by atoms with E-state index in [1.165, 1.54) is 14.2 Å². The molecule has 2 rings (SSSR count). The monoisotopic (exact) mass is 444 g/mol. The molecule has 3 unspecified atom stereocenters. The lowest BCUT2D eigenvalue weighted by Gasteiger charge is -2.20. The van der Waals surface area contributed by atoms with E-state index in [0.29, 0.717) is 22.6 Å². The molecule has 29 heavy (non-hydrogen) atoms. The number of halogens is 2. The van der Waals surface area contributed by atoms with E-state index in [1.807, 2.05) is 0 Å². The standard InChI is InChI=1S/C18H22Cl2N4O5/c1-5-21-13(15(27-3)22-9(2)19)17(25)29-18(26)14-16(28-4)24-11-7-6-10(20)8-12(11)23-14/h6-9,17-18,25-26H,5H2,1-4H3/b21-13+,22-15+. The highest BCUT2D eigenvalue weighted by molar-refractivity contribution is 6.40. The summed E-state index contributed by atoms with van der Waals surface area (Å²) in [5.41, 5.74) is 0.236. The molecule has 0 aliphatic rings. The Bertz CT molecular complexity index is 907. The fourth-order valence-corrected chi connectivity index (χ4v) is 2.65. The van der Waals surface area contributed by atoms with Crippen molar-refractivity contribution < 1.29 is 24.4 Å². The van der Waals surface area contributed by atoms with Crippen LogP contribution in [0, 0.1) is 0 Å². The van der Waals surface area contributed by atoms with E-state index in [2.05, 4.69) is 20.0 Å². The Labute approximate surface area is 178 Å². The molecule has 0 saturated carbocycles. The van der Waals surface area contributed by atoms with Crippen LogP contribution in [0.25, 0.3) is 11.0 Å². The van der Waals surface area contributed by atoms with Gasteiger partial charge in [-0.05, 0) is 32.0 Å². The van der Waals surface area contributed by atoms with Crippen LogP contribution in [-0.2, 0) is 9.47 Å². The third kappa shape index (κ3) is 5.97. The summed E-state index contributed by atoms with van der Waals surface area (Å²) < 4.78 is 15.6. The number of hydrogen-bond acceptors (Lipinski definition) is 9. The molecule has 1 aromatic heterocycles. The predicted molar refractivity (Wildman–Crippen MR) is 111 cm³/mol. The van der Waals surface area contributed by atoms with Crippen molar-refractivity contribution in [3.8, 4) is 5.88 Å². The molecule has 0 radical (unpaired) electrons. The summed E-state index contributed by atoms with van der Waals surface area (Å²) in [6, 6.07) is 4.91. The van der Waals surface area contributed by atoms with Crippen LogP contribution < -0.4 is 4.74 Å². The predicted octanol–water partition coefficient (Wildman–Crippen LogP) is 2.71. The Morgan fingerprint density at radius 1 is 1.21 bits per heavy atom. The Hall–Kier alpha value is -2.04.